The first-order valence-corrected chi connectivity index (χ1v) is 10.5. The molecular formula is C22H25ClN6O. The van der Waals surface area contributed by atoms with Gasteiger partial charge in [0.1, 0.15) is 0 Å². The van der Waals surface area contributed by atoms with Crippen LogP contribution < -0.4 is 10.2 Å². The van der Waals surface area contributed by atoms with E-state index in [4.69, 9.17) is 11.6 Å². The molecule has 1 aliphatic rings. The molecule has 156 valence electrons. The molecule has 30 heavy (non-hydrogen) atoms. The van der Waals surface area contributed by atoms with Gasteiger partial charge >= 0.3 is 0 Å². The Morgan fingerprint density at radius 3 is 2.67 bits per heavy atom. The van der Waals surface area contributed by atoms with Gasteiger partial charge < -0.3 is 15.1 Å². The van der Waals surface area contributed by atoms with Crippen molar-refractivity contribution in [3.8, 4) is 5.82 Å². The zero-order valence-electron chi connectivity index (χ0n) is 17.2. The van der Waals surface area contributed by atoms with E-state index in [1.807, 2.05) is 37.3 Å². The lowest BCUT2D eigenvalue weighted by molar-refractivity contribution is 0.102. The molecule has 0 aliphatic carbocycles. The van der Waals surface area contributed by atoms with Gasteiger partial charge in [-0.05, 0) is 43.8 Å². The molecular weight excluding hydrogens is 400 g/mol. The molecule has 1 aromatic carbocycles. The second-order valence-electron chi connectivity index (χ2n) is 7.28. The summed E-state index contributed by atoms with van der Waals surface area (Å²) in [6.45, 7) is 8.92. The number of likely N-dealkylation sites (N-methyl/N-ethyl adjacent to an activating group) is 1. The molecule has 3 heterocycles. The summed E-state index contributed by atoms with van der Waals surface area (Å²) in [5, 5.41) is 7.98. The maximum atomic E-state index is 13.1. The summed E-state index contributed by atoms with van der Waals surface area (Å²) in [6.07, 6.45) is 3.27. The number of pyridine rings is 1. The number of carbonyl (C=O) groups is 1. The van der Waals surface area contributed by atoms with Crippen molar-refractivity contribution in [2.45, 2.75) is 13.8 Å². The lowest BCUT2D eigenvalue weighted by atomic mass is 10.2. The summed E-state index contributed by atoms with van der Waals surface area (Å²) in [6, 6.07) is 11.2. The van der Waals surface area contributed by atoms with Crippen LogP contribution in [0.3, 0.4) is 0 Å². The molecule has 8 heteroatoms. The van der Waals surface area contributed by atoms with Crippen molar-refractivity contribution in [2.75, 3.05) is 42.9 Å². The molecule has 0 bridgehead atoms. The van der Waals surface area contributed by atoms with Gasteiger partial charge in [-0.1, -0.05) is 24.6 Å². The second-order valence-corrected chi connectivity index (χ2v) is 7.72. The van der Waals surface area contributed by atoms with Crippen LogP contribution in [0, 0.1) is 6.92 Å². The fourth-order valence-corrected chi connectivity index (χ4v) is 3.89. The molecule has 4 rings (SSSR count). The zero-order valence-corrected chi connectivity index (χ0v) is 17.9. The van der Waals surface area contributed by atoms with Crippen LogP contribution >= 0.6 is 11.6 Å². The van der Waals surface area contributed by atoms with Gasteiger partial charge in [0.15, 0.2) is 5.82 Å². The number of nitrogens with one attached hydrogen (secondary N) is 1. The Balaban J connectivity index is 1.57. The average molecular weight is 425 g/mol. The number of benzene rings is 1. The lowest BCUT2D eigenvalue weighted by Crippen LogP contribution is -2.46. The molecule has 1 N–H and O–H groups in total. The molecule has 0 spiro atoms. The molecule has 0 radical (unpaired) electrons. The molecule has 2 aromatic heterocycles. The fraction of sp³-hybridized carbons (Fsp3) is 0.318. The topological polar surface area (TPSA) is 66.3 Å². The summed E-state index contributed by atoms with van der Waals surface area (Å²) in [5.74, 6) is 0.455. The number of hydrogen-bond donors (Lipinski definition) is 1. The van der Waals surface area contributed by atoms with Crippen LogP contribution in [0.25, 0.3) is 5.82 Å². The van der Waals surface area contributed by atoms with E-state index in [9.17, 15) is 4.79 Å². The van der Waals surface area contributed by atoms with E-state index in [0.29, 0.717) is 22.1 Å². The number of amides is 1. The number of carbonyl (C=O) groups excluding carboxylic acids is 1. The van der Waals surface area contributed by atoms with E-state index < -0.39 is 0 Å². The van der Waals surface area contributed by atoms with Crippen LogP contribution in [0.5, 0.6) is 0 Å². The lowest BCUT2D eigenvalue weighted by Gasteiger charge is -2.36. The predicted octanol–water partition coefficient (Wildman–Crippen LogP) is 3.62. The van der Waals surface area contributed by atoms with Crippen LogP contribution in [-0.2, 0) is 0 Å². The molecule has 1 amide bonds. The standard InChI is InChI=1S/C22H25ClN6O/c1-3-27-10-12-28(13-11-27)20-8-7-17(23)14-19(20)26-22(30)18-15-25-29(16(18)2)21-6-4-5-9-24-21/h4-9,14-15H,3,10-13H2,1-2H3,(H,26,30). The SMILES string of the molecule is CCN1CCN(c2ccc(Cl)cc2NC(=O)c2cnn(-c3ccccn3)c2C)CC1. The molecule has 0 unspecified atom stereocenters. The van der Waals surface area contributed by atoms with Crippen molar-refractivity contribution in [2.24, 2.45) is 0 Å². The highest BCUT2D eigenvalue weighted by molar-refractivity contribution is 6.31. The summed E-state index contributed by atoms with van der Waals surface area (Å²) < 4.78 is 1.66. The van der Waals surface area contributed by atoms with Crippen LogP contribution in [0.2, 0.25) is 5.02 Å². The quantitative estimate of drug-likeness (QED) is 0.677. The molecule has 7 nitrogen and oxygen atoms in total. The molecule has 1 saturated heterocycles. The third-order valence-corrected chi connectivity index (χ3v) is 5.72. The average Bonchev–Trinajstić information content (AvgIpc) is 3.16. The molecule has 1 fully saturated rings. The number of halogens is 1. The summed E-state index contributed by atoms with van der Waals surface area (Å²) in [5.41, 5.74) is 2.93. The van der Waals surface area contributed by atoms with Crippen LogP contribution in [0.15, 0.2) is 48.8 Å². The highest BCUT2D eigenvalue weighted by Crippen LogP contribution is 2.30. The third-order valence-electron chi connectivity index (χ3n) is 5.49. The van der Waals surface area contributed by atoms with E-state index in [1.54, 1.807) is 23.1 Å². The predicted molar refractivity (Wildman–Crippen MR) is 120 cm³/mol. The molecule has 3 aromatic rings. The van der Waals surface area contributed by atoms with Crippen molar-refractivity contribution in [1.82, 2.24) is 19.7 Å². The number of aromatic nitrogens is 3. The Morgan fingerprint density at radius 2 is 1.97 bits per heavy atom. The van der Waals surface area contributed by atoms with E-state index in [1.165, 1.54) is 0 Å². The van der Waals surface area contributed by atoms with E-state index in [-0.39, 0.29) is 5.91 Å². The normalized spacial score (nSPS) is 14.7. The zero-order chi connectivity index (χ0) is 21.1. The third kappa shape index (κ3) is 4.17. The number of hydrogen-bond acceptors (Lipinski definition) is 5. The first kappa shape index (κ1) is 20.4. The Hall–Kier alpha value is -2.90. The molecule has 0 saturated carbocycles. The van der Waals surface area contributed by atoms with Gasteiger partial charge in [0.2, 0.25) is 0 Å². The van der Waals surface area contributed by atoms with Crippen LogP contribution in [-0.4, -0.2) is 58.3 Å². The van der Waals surface area contributed by atoms with Gasteiger partial charge in [-0.2, -0.15) is 5.10 Å². The van der Waals surface area contributed by atoms with Gasteiger partial charge in [-0.25, -0.2) is 9.67 Å². The van der Waals surface area contributed by atoms with E-state index in [2.05, 4.69) is 32.1 Å². The Bertz CT molecular complexity index is 1030. The fourth-order valence-electron chi connectivity index (χ4n) is 3.72. The number of nitrogens with zero attached hydrogens (tertiary/aromatic N) is 5. The van der Waals surface area contributed by atoms with Crippen molar-refractivity contribution in [3.63, 3.8) is 0 Å². The first-order valence-electron chi connectivity index (χ1n) is 10.1. The summed E-state index contributed by atoms with van der Waals surface area (Å²) >= 11 is 6.24. The Labute approximate surface area is 181 Å². The Kier molecular flexibility index (Phi) is 6.01. The summed E-state index contributed by atoms with van der Waals surface area (Å²) in [7, 11) is 0. The van der Waals surface area contributed by atoms with Crippen LogP contribution in [0.1, 0.15) is 23.0 Å². The van der Waals surface area contributed by atoms with Crippen molar-refractivity contribution >= 4 is 28.9 Å². The second kappa shape index (κ2) is 8.85. The number of rotatable bonds is 5. The minimum atomic E-state index is -0.217. The van der Waals surface area contributed by atoms with Crippen molar-refractivity contribution in [3.05, 3.63) is 65.1 Å². The monoisotopic (exact) mass is 424 g/mol. The van der Waals surface area contributed by atoms with Gasteiger partial charge in [-0.15, -0.1) is 0 Å². The summed E-state index contributed by atoms with van der Waals surface area (Å²) in [4.78, 5) is 22.1. The van der Waals surface area contributed by atoms with Crippen molar-refractivity contribution in [1.29, 1.82) is 0 Å². The first-order chi connectivity index (χ1) is 14.6. The van der Waals surface area contributed by atoms with Gasteiger partial charge in [0.05, 0.1) is 28.8 Å². The maximum absolute atomic E-state index is 13.1. The highest BCUT2D eigenvalue weighted by Gasteiger charge is 2.21. The number of anilines is 2. The number of piperazine rings is 1. The smallest absolute Gasteiger partial charge is 0.259 e. The van der Waals surface area contributed by atoms with Gasteiger partial charge in [-0.3, -0.25) is 4.79 Å². The minimum Gasteiger partial charge on any atom is -0.367 e. The van der Waals surface area contributed by atoms with E-state index in [0.717, 1.165) is 44.1 Å². The van der Waals surface area contributed by atoms with Crippen molar-refractivity contribution < 1.29 is 4.79 Å². The highest BCUT2D eigenvalue weighted by atomic mass is 35.5. The van der Waals surface area contributed by atoms with E-state index >= 15 is 0 Å². The molecule has 1 aliphatic heterocycles. The van der Waals surface area contributed by atoms with Crippen LogP contribution in [0.4, 0.5) is 11.4 Å². The molecule has 0 atom stereocenters. The maximum Gasteiger partial charge on any atom is 0.259 e. The van der Waals surface area contributed by atoms with Gasteiger partial charge in [0.25, 0.3) is 5.91 Å². The minimum absolute atomic E-state index is 0.217. The Morgan fingerprint density at radius 1 is 1.17 bits per heavy atom. The largest absolute Gasteiger partial charge is 0.367 e. The van der Waals surface area contributed by atoms with Gasteiger partial charge in [0, 0.05) is 37.4 Å².